The summed E-state index contributed by atoms with van der Waals surface area (Å²) in [4.78, 5) is 29.3. The van der Waals surface area contributed by atoms with Crippen LogP contribution in [0.4, 0.5) is 32.0 Å². The van der Waals surface area contributed by atoms with Crippen LogP contribution in [-0.4, -0.2) is 53.7 Å². The van der Waals surface area contributed by atoms with E-state index in [0.717, 1.165) is 4.90 Å². The normalized spacial score (nSPS) is 18.5. The van der Waals surface area contributed by atoms with E-state index >= 15 is 0 Å². The maximum Gasteiger partial charge on any atom is 0.393 e. The van der Waals surface area contributed by atoms with Crippen molar-refractivity contribution in [3.63, 3.8) is 0 Å². The molecule has 2 heterocycles. The highest BCUT2D eigenvalue weighted by atomic mass is 79.9. The Morgan fingerprint density at radius 1 is 1.08 bits per heavy atom. The van der Waals surface area contributed by atoms with E-state index in [1.54, 1.807) is 6.07 Å². The molecule has 0 spiro atoms. The summed E-state index contributed by atoms with van der Waals surface area (Å²) < 4.78 is 80.9. The summed E-state index contributed by atoms with van der Waals surface area (Å²) >= 11 is 3.22. The summed E-state index contributed by atoms with van der Waals surface area (Å²) in [5.74, 6) is -5.60. The maximum atomic E-state index is 13.4. The Bertz CT molecular complexity index is 1100. The van der Waals surface area contributed by atoms with Crippen LogP contribution in [0.1, 0.15) is 22.3 Å². The van der Waals surface area contributed by atoms with Gasteiger partial charge in [0.1, 0.15) is 0 Å². The molecule has 1 aromatic carbocycles. The molecule has 0 unspecified atom stereocenters. The van der Waals surface area contributed by atoms with E-state index in [2.05, 4.69) is 38.1 Å². The lowest BCUT2D eigenvalue weighted by Crippen LogP contribution is -2.48. The molecular weight excluding hydrogens is 558 g/mol. The molecule has 0 aliphatic carbocycles. The quantitative estimate of drug-likeness (QED) is 0.459. The predicted molar refractivity (Wildman–Crippen MR) is 124 cm³/mol. The molecule has 2 N–H and O–H groups in total. The topological polar surface area (TPSA) is 74.3 Å². The number of halogens is 7. The van der Waals surface area contributed by atoms with Crippen LogP contribution in [0.5, 0.6) is 0 Å². The number of piperidine rings is 1. The summed E-state index contributed by atoms with van der Waals surface area (Å²) in [6.07, 6.45) is -7.91. The van der Waals surface area contributed by atoms with Crippen molar-refractivity contribution >= 4 is 39.1 Å². The minimum absolute atomic E-state index is 0.103. The Morgan fingerprint density at radius 2 is 1.72 bits per heavy atom. The lowest BCUT2D eigenvalue weighted by atomic mass is 9.87. The van der Waals surface area contributed by atoms with E-state index in [-0.39, 0.29) is 22.5 Å². The first-order valence-corrected chi connectivity index (χ1v) is 11.4. The van der Waals surface area contributed by atoms with Gasteiger partial charge in [0.15, 0.2) is 0 Å². The largest absolute Gasteiger partial charge is 0.393 e. The van der Waals surface area contributed by atoms with Gasteiger partial charge in [-0.2, -0.15) is 26.3 Å². The number of benzene rings is 1. The second-order valence-corrected chi connectivity index (χ2v) is 9.14. The molecule has 13 heteroatoms. The molecule has 2 aromatic rings. The number of anilines is 1. The molecule has 2 amide bonds. The SMILES string of the molecule is C=C(c1cc(Br)ccc1NC(=O)CNC(=O)c1cccnc1)N1C[C@H](C(F)(F)F)C[C@H](C(F)(F)F)C1. The third-order valence-corrected chi connectivity index (χ3v) is 6.15. The average molecular weight is 579 g/mol. The number of nitrogens with one attached hydrogen (secondary N) is 2. The van der Waals surface area contributed by atoms with Crippen LogP contribution in [0.2, 0.25) is 0 Å². The number of pyridine rings is 1. The Labute approximate surface area is 210 Å². The van der Waals surface area contributed by atoms with Gasteiger partial charge in [-0.25, -0.2) is 0 Å². The number of hydrogen-bond donors (Lipinski definition) is 2. The Kier molecular flexibility index (Phi) is 8.32. The second kappa shape index (κ2) is 10.9. The molecule has 1 saturated heterocycles. The summed E-state index contributed by atoms with van der Waals surface area (Å²) in [6.45, 7) is 1.91. The Balaban J connectivity index is 1.77. The van der Waals surface area contributed by atoms with Gasteiger partial charge in [0.2, 0.25) is 5.91 Å². The van der Waals surface area contributed by atoms with Crippen molar-refractivity contribution in [3.05, 3.63) is 64.9 Å². The molecule has 2 atom stereocenters. The van der Waals surface area contributed by atoms with Crippen LogP contribution in [0, 0.1) is 11.8 Å². The van der Waals surface area contributed by atoms with Gasteiger partial charge in [0.05, 0.1) is 29.6 Å². The van der Waals surface area contributed by atoms with Crippen LogP contribution >= 0.6 is 15.9 Å². The number of nitrogens with zero attached hydrogens (tertiary/aromatic N) is 2. The molecule has 1 aromatic heterocycles. The van der Waals surface area contributed by atoms with Gasteiger partial charge >= 0.3 is 12.4 Å². The van der Waals surface area contributed by atoms with Crippen molar-refractivity contribution in [3.8, 4) is 0 Å². The third-order valence-electron chi connectivity index (χ3n) is 5.66. The Hall–Kier alpha value is -3.09. The monoisotopic (exact) mass is 578 g/mol. The first-order valence-electron chi connectivity index (χ1n) is 10.6. The fourth-order valence-corrected chi connectivity index (χ4v) is 4.14. The van der Waals surface area contributed by atoms with Gasteiger partial charge in [-0.1, -0.05) is 22.5 Å². The molecule has 1 fully saturated rings. The van der Waals surface area contributed by atoms with Crippen molar-refractivity contribution in [1.29, 1.82) is 0 Å². The second-order valence-electron chi connectivity index (χ2n) is 8.23. The van der Waals surface area contributed by atoms with Crippen LogP contribution in [0.3, 0.4) is 0 Å². The molecular formula is C23H21BrF6N4O2. The van der Waals surface area contributed by atoms with Gasteiger partial charge in [-0.15, -0.1) is 0 Å². The number of amides is 2. The van der Waals surface area contributed by atoms with Gasteiger partial charge in [0.25, 0.3) is 5.91 Å². The van der Waals surface area contributed by atoms with Crippen LogP contribution in [0.15, 0.2) is 53.8 Å². The molecule has 1 aliphatic heterocycles. The first kappa shape index (κ1) is 27.5. The van der Waals surface area contributed by atoms with Crippen molar-refractivity contribution in [2.75, 3.05) is 25.0 Å². The fraction of sp³-hybridized carbons (Fsp3) is 0.348. The number of rotatable bonds is 6. The number of alkyl halides is 6. The van der Waals surface area contributed by atoms with E-state index in [1.807, 2.05) is 0 Å². The van der Waals surface area contributed by atoms with Gasteiger partial charge in [-0.3, -0.25) is 14.6 Å². The van der Waals surface area contributed by atoms with Crippen LogP contribution in [0.25, 0.3) is 5.70 Å². The Morgan fingerprint density at radius 3 is 2.28 bits per heavy atom. The molecule has 3 rings (SSSR count). The molecule has 1 aliphatic rings. The standard InChI is InChI=1S/C23H21BrF6N4O2/c1-13(34-11-15(22(25,26)27)7-16(12-34)23(28,29)30)18-8-17(24)4-5-19(18)33-20(35)10-32-21(36)14-3-2-6-31-9-14/h2-6,8-9,15-16H,1,7,10-12H2,(H,32,36)(H,33,35)/t15-,16+. The molecule has 0 bridgehead atoms. The van der Waals surface area contributed by atoms with Gasteiger partial charge < -0.3 is 15.5 Å². The zero-order valence-corrected chi connectivity index (χ0v) is 20.2. The lowest BCUT2D eigenvalue weighted by Gasteiger charge is -2.41. The number of carbonyl (C=O) groups excluding carboxylic acids is 2. The van der Waals surface area contributed by atoms with Crippen molar-refractivity contribution in [2.45, 2.75) is 18.8 Å². The lowest BCUT2D eigenvalue weighted by molar-refractivity contribution is -0.226. The molecule has 194 valence electrons. The maximum absolute atomic E-state index is 13.4. The number of aromatic nitrogens is 1. The zero-order chi connectivity index (χ0) is 26.7. The van der Waals surface area contributed by atoms with Crippen LogP contribution in [-0.2, 0) is 4.79 Å². The van der Waals surface area contributed by atoms with E-state index in [4.69, 9.17) is 0 Å². The fourth-order valence-electron chi connectivity index (χ4n) is 3.78. The van der Waals surface area contributed by atoms with E-state index < -0.39 is 62.1 Å². The molecule has 0 saturated carbocycles. The first-order chi connectivity index (χ1) is 16.8. The number of likely N-dealkylation sites (tertiary alicyclic amines) is 1. The smallest absolute Gasteiger partial charge is 0.370 e. The summed E-state index contributed by atoms with van der Waals surface area (Å²) in [7, 11) is 0. The van der Waals surface area contributed by atoms with Crippen molar-refractivity contribution in [2.24, 2.45) is 11.8 Å². The highest BCUT2D eigenvalue weighted by Crippen LogP contribution is 2.43. The number of carbonyl (C=O) groups is 2. The summed E-state index contributed by atoms with van der Waals surface area (Å²) in [6, 6.07) is 7.44. The van der Waals surface area contributed by atoms with E-state index in [1.165, 1.54) is 36.7 Å². The summed E-state index contributed by atoms with van der Waals surface area (Å²) in [5, 5.41) is 4.93. The van der Waals surface area contributed by atoms with Gasteiger partial charge in [0, 0.05) is 41.2 Å². The van der Waals surface area contributed by atoms with Crippen LogP contribution < -0.4 is 10.6 Å². The van der Waals surface area contributed by atoms with Crippen molar-refractivity contribution < 1.29 is 35.9 Å². The number of hydrogen-bond acceptors (Lipinski definition) is 4. The van der Waals surface area contributed by atoms with Gasteiger partial charge in [-0.05, 0) is 36.8 Å². The molecule has 0 radical (unpaired) electrons. The van der Waals surface area contributed by atoms with Crippen molar-refractivity contribution in [1.82, 2.24) is 15.2 Å². The third kappa shape index (κ3) is 6.99. The minimum atomic E-state index is -4.82. The molecule has 36 heavy (non-hydrogen) atoms. The summed E-state index contributed by atoms with van der Waals surface area (Å²) in [5.41, 5.74) is 0.377. The highest BCUT2D eigenvalue weighted by molar-refractivity contribution is 9.10. The van der Waals surface area contributed by atoms with E-state index in [0.29, 0.717) is 4.47 Å². The molecule has 6 nitrogen and oxygen atoms in total. The average Bonchev–Trinajstić information content (AvgIpc) is 2.82. The van der Waals surface area contributed by atoms with E-state index in [9.17, 15) is 35.9 Å². The minimum Gasteiger partial charge on any atom is -0.370 e. The highest BCUT2D eigenvalue weighted by Gasteiger charge is 2.51. The predicted octanol–water partition coefficient (Wildman–Crippen LogP) is 5.25. The zero-order valence-electron chi connectivity index (χ0n) is 18.6.